The number of sulfonamides is 1. The third-order valence-electron chi connectivity index (χ3n) is 6.95. The van der Waals surface area contributed by atoms with Gasteiger partial charge < -0.3 is 19.1 Å². The molecule has 0 N–H and O–H groups in total. The molecule has 4 rings (SSSR count). The van der Waals surface area contributed by atoms with Crippen LogP contribution in [0, 0.1) is 6.92 Å². The summed E-state index contributed by atoms with van der Waals surface area (Å²) in [5.74, 6) is 0.999. The minimum atomic E-state index is -3.89. The Morgan fingerprint density at radius 2 is 1.85 bits per heavy atom. The number of hydrogen-bond acceptors (Lipinski definition) is 7. The van der Waals surface area contributed by atoms with E-state index in [0.29, 0.717) is 37.6 Å². The van der Waals surface area contributed by atoms with Crippen molar-refractivity contribution in [3.05, 3.63) is 87.0 Å². The lowest BCUT2D eigenvalue weighted by atomic mass is 10.1. The molecular formula is C31H38N2O6S2. The number of amides is 1. The largest absolute Gasteiger partial charge is 0.493 e. The number of thiophene rings is 1. The molecule has 2 aromatic carbocycles. The fourth-order valence-electron chi connectivity index (χ4n) is 4.69. The number of aryl methyl sites for hydroxylation is 1. The Morgan fingerprint density at radius 3 is 2.51 bits per heavy atom. The van der Waals surface area contributed by atoms with Gasteiger partial charge in [-0.05, 0) is 67.7 Å². The van der Waals surface area contributed by atoms with Crippen LogP contribution < -0.4 is 9.47 Å². The summed E-state index contributed by atoms with van der Waals surface area (Å²) < 4.78 is 44.8. The smallest absolute Gasteiger partial charge is 0.238 e. The van der Waals surface area contributed by atoms with E-state index >= 15 is 0 Å². The van der Waals surface area contributed by atoms with Gasteiger partial charge in [0.2, 0.25) is 15.9 Å². The third-order valence-corrected chi connectivity index (χ3v) is 9.41. The van der Waals surface area contributed by atoms with Crippen LogP contribution in [0.5, 0.6) is 11.5 Å². The van der Waals surface area contributed by atoms with Crippen molar-refractivity contribution in [1.29, 1.82) is 0 Å². The first-order valence-corrected chi connectivity index (χ1v) is 16.0. The SMILES string of the molecule is COc1ccc(CCN(Cc2ccc(C)s2)C(=O)CN(CC2CCCO2)S(=O)(=O)/C=C/c2ccccc2)cc1OC. The molecule has 0 aliphatic carbocycles. The number of methoxy groups -OCH3 is 2. The summed E-state index contributed by atoms with van der Waals surface area (Å²) in [5.41, 5.74) is 1.75. The maximum atomic E-state index is 13.8. The predicted molar refractivity (Wildman–Crippen MR) is 163 cm³/mol. The van der Waals surface area contributed by atoms with Gasteiger partial charge in [-0.1, -0.05) is 36.4 Å². The van der Waals surface area contributed by atoms with Crippen molar-refractivity contribution in [1.82, 2.24) is 9.21 Å². The quantitative estimate of drug-likeness (QED) is 0.256. The van der Waals surface area contributed by atoms with Crippen molar-refractivity contribution in [2.45, 2.75) is 38.8 Å². The Kier molecular flexibility index (Phi) is 11.0. The van der Waals surface area contributed by atoms with Crippen LogP contribution in [-0.4, -0.2) is 70.1 Å². The minimum Gasteiger partial charge on any atom is -0.493 e. The molecule has 41 heavy (non-hydrogen) atoms. The van der Waals surface area contributed by atoms with Crippen molar-refractivity contribution >= 4 is 33.3 Å². The molecular weight excluding hydrogens is 560 g/mol. The fraction of sp³-hybridized carbons (Fsp3) is 0.387. The lowest BCUT2D eigenvalue weighted by Crippen LogP contribution is -2.45. The van der Waals surface area contributed by atoms with E-state index in [0.717, 1.165) is 33.7 Å². The Labute approximate surface area is 247 Å². The van der Waals surface area contributed by atoms with Gasteiger partial charge in [-0.15, -0.1) is 11.3 Å². The molecule has 0 bridgehead atoms. The first-order valence-electron chi connectivity index (χ1n) is 13.7. The highest BCUT2D eigenvalue weighted by Crippen LogP contribution is 2.28. The van der Waals surface area contributed by atoms with Crippen LogP contribution in [0.2, 0.25) is 0 Å². The standard InChI is InChI=1S/C31H38N2O6S2/c1-24-11-13-28(40-24)22-32(17-15-26-12-14-29(37-2)30(20-26)38-3)31(34)23-33(21-27-10-7-18-39-27)41(35,36)19-16-25-8-5-4-6-9-25/h4-6,8-9,11-14,16,19-20,27H,7,10,15,17-18,21-23H2,1-3H3/b19-16+. The van der Waals surface area contributed by atoms with Crippen LogP contribution in [0.3, 0.4) is 0 Å². The highest BCUT2D eigenvalue weighted by Gasteiger charge is 2.30. The Morgan fingerprint density at radius 1 is 1.07 bits per heavy atom. The van der Waals surface area contributed by atoms with Gasteiger partial charge in [0.15, 0.2) is 11.5 Å². The van der Waals surface area contributed by atoms with E-state index < -0.39 is 10.0 Å². The van der Waals surface area contributed by atoms with Gasteiger partial charge >= 0.3 is 0 Å². The molecule has 0 spiro atoms. The molecule has 1 saturated heterocycles. The molecule has 8 nitrogen and oxygen atoms in total. The van der Waals surface area contributed by atoms with Gasteiger partial charge in [-0.2, -0.15) is 4.31 Å². The van der Waals surface area contributed by atoms with E-state index in [1.807, 2.05) is 67.6 Å². The van der Waals surface area contributed by atoms with Crippen LogP contribution in [0.1, 0.15) is 33.7 Å². The molecule has 1 fully saturated rings. The lowest BCUT2D eigenvalue weighted by Gasteiger charge is -2.28. The van der Waals surface area contributed by atoms with Gasteiger partial charge in [0.1, 0.15) is 0 Å². The molecule has 1 amide bonds. The molecule has 1 aliphatic rings. The Hall–Kier alpha value is -3.18. The van der Waals surface area contributed by atoms with E-state index in [1.54, 1.807) is 36.5 Å². The van der Waals surface area contributed by atoms with Gasteiger partial charge in [0.25, 0.3) is 0 Å². The zero-order valence-electron chi connectivity index (χ0n) is 23.8. The zero-order chi connectivity index (χ0) is 29.2. The summed E-state index contributed by atoms with van der Waals surface area (Å²) >= 11 is 1.63. The highest BCUT2D eigenvalue weighted by atomic mass is 32.2. The first-order chi connectivity index (χ1) is 19.8. The number of carbonyl (C=O) groups excluding carboxylic acids is 1. The summed E-state index contributed by atoms with van der Waals surface area (Å²) in [6.07, 6.45) is 3.54. The summed E-state index contributed by atoms with van der Waals surface area (Å²) in [5, 5.41) is 1.18. The third kappa shape index (κ3) is 8.90. The van der Waals surface area contributed by atoms with Crippen molar-refractivity contribution in [3.8, 4) is 11.5 Å². The number of carbonyl (C=O) groups is 1. The average molecular weight is 599 g/mol. The van der Waals surface area contributed by atoms with E-state index in [2.05, 4.69) is 0 Å². The van der Waals surface area contributed by atoms with Gasteiger partial charge in [-0.3, -0.25) is 4.79 Å². The maximum absolute atomic E-state index is 13.8. The fourth-order valence-corrected chi connectivity index (χ4v) is 6.76. The monoisotopic (exact) mass is 598 g/mol. The highest BCUT2D eigenvalue weighted by molar-refractivity contribution is 7.92. The second-order valence-corrected chi connectivity index (χ2v) is 13.1. The van der Waals surface area contributed by atoms with E-state index in [-0.39, 0.29) is 25.1 Å². The van der Waals surface area contributed by atoms with Crippen molar-refractivity contribution in [2.24, 2.45) is 0 Å². The minimum absolute atomic E-state index is 0.134. The molecule has 220 valence electrons. The number of ether oxygens (including phenoxy) is 3. The molecule has 0 saturated carbocycles. The van der Waals surface area contributed by atoms with Gasteiger partial charge in [0, 0.05) is 34.9 Å². The molecule has 10 heteroatoms. The molecule has 2 heterocycles. The van der Waals surface area contributed by atoms with Crippen LogP contribution in [0.25, 0.3) is 6.08 Å². The van der Waals surface area contributed by atoms with Crippen molar-refractivity contribution in [2.75, 3.05) is 40.5 Å². The predicted octanol–water partition coefficient (Wildman–Crippen LogP) is 5.13. The molecule has 1 atom stereocenters. The van der Waals surface area contributed by atoms with Crippen LogP contribution >= 0.6 is 11.3 Å². The van der Waals surface area contributed by atoms with Crippen LogP contribution in [0.4, 0.5) is 0 Å². The number of benzene rings is 2. The summed E-state index contributed by atoms with van der Waals surface area (Å²) in [6, 6.07) is 19.0. The average Bonchev–Trinajstić information content (AvgIpc) is 3.65. The topological polar surface area (TPSA) is 85.4 Å². The first kappa shape index (κ1) is 30.8. The van der Waals surface area contributed by atoms with E-state index in [1.165, 1.54) is 9.71 Å². The zero-order valence-corrected chi connectivity index (χ0v) is 25.5. The van der Waals surface area contributed by atoms with Crippen LogP contribution in [0.15, 0.2) is 66.1 Å². The number of rotatable bonds is 14. The second-order valence-electron chi connectivity index (χ2n) is 9.95. The Bertz CT molecular complexity index is 1420. The van der Waals surface area contributed by atoms with Gasteiger partial charge in [-0.25, -0.2) is 8.42 Å². The molecule has 3 aromatic rings. The second kappa shape index (κ2) is 14.6. The molecule has 1 aliphatic heterocycles. The van der Waals surface area contributed by atoms with Crippen molar-refractivity contribution in [3.63, 3.8) is 0 Å². The lowest BCUT2D eigenvalue weighted by molar-refractivity contribution is -0.132. The van der Waals surface area contributed by atoms with E-state index in [4.69, 9.17) is 14.2 Å². The normalized spacial score (nSPS) is 15.5. The Balaban J connectivity index is 1.54. The molecule has 1 aromatic heterocycles. The molecule has 1 unspecified atom stereocenters. The maximum Gasteiger partial charge on any atom is 0.238 e. The van der Waals surface area contributed by atoms with E-state index in [9.17, 15) is 13.2 Å². The van der Waals surface area contributed by atoms with Gasteiger partial charge in [0.05, 0.1) is 33.4 Å². The summed E-state index contributed by atoms with van der Waals surface area (Å²) in [6.45, 7) is 3.31. The van der Waals surface area contributed by atoms with Crippen molar-refractivity contribution < 1.29 is 27.4 Å². The summed E-state index contributed by atoms with van der Waals surface area (Å²) in [4.78, 5) is 17.8. The summed E-state index contributed by atoms with van der Waals surface area (Å²) in [7, 11) is -0.713. The number of nitrogens with zero attached hydrogens (tertiary/aromatic N) is 2. The van der Waals surface area contributed by atoms with Crippen LogP contribution in [-0.2, 0) is 32.5 Å². The number of hydrogen-bond donors (Lipinski definition) is 0. The molecule has 0 radical (unpaired) electrons.